The molecule has 12 nitrogen and oxygen atoms in total. The minimum absolute atomic E-state index is 0.183. The molecule has 0 spiro atoms. The normalized spacial score (nSPS) is 16.4. The Balaban J connectivity index is 1.85. The van der Waals surface area contributed by atoms with Gasteiger partial charge in [0.05, 0.1) is 15.2 Å². The molecule has 0 bridgehead atoms. The van der Waals surface area contributed by atoms with E-state index in [9.17, 15) is 58.2 Å². The van der Waals surface area contributed by atoms with Gasteiger partial charge in [-0.1, -0.05) is 12.1 Å². The van der Waals surface area contributed by atoms with Gasteiger partial charge in [0.25, 0.3) is 11.8 Å². The number of thiazole rings is 1. The second-order valence-electron chi connectivity index (χ2n) is 11.6. The van der Waals surface area contributed by atoms with Crippen molar-refractivity contribution in [3.05, 3.63) is 29.8 Å². The van der Waals surface area contributed by atoms with Crippen molar-refractivity contribution in [3.8, 4) is 27.0 Å². The Labute approximate surface area is 276 Å². The maximum absolute atomic E-state index is 13.8. The summed E-state index contributed by atoms with van der Waals surface area (Å²) in [6.45, 7) is 2.85. The van der Waals surface area contributed by atoms with Crippen LogP contribution in [0.25, 0.3) is 21.3 Å². The van der Waals surface area contributed by atoms with Crippen molar-refractivity contribution >= 4 is 33.2 Å². The summed E-state index contributed by atoms with van der Waals surface area (Å²) in [5.74, 6) is -7.05. The van der Waals surface area contributed by atoms with Gasteiger partial charge in [-0.15, -0.1) is 24.5 Å². The monoisotopic (exact) mass is 749 g/mol. The first-order valence-electron chi connectivity index (χ1n) is 14.2. The molecule has 1 saturated heterocycles. The fourth-order valence-electron chi connectivity index (χ4n) is 4.50. The SMILES string of the molecule is CCC(NS(=O)(=O)c1ccc(-c2sc(-c3noc(CC(C)(C)C(=O)O)n3)nc2C(=O)N2CCC(F)(F)CC2)c(OC(F)(F)F)c1)C(F)(F)F. The quantitative estimate of drug-likeness (QED) is 0.226. The number of benzene rings is 1. The molecule has 1 amide bonds. The summed E-state index contributed by atoms with van der Waals surface area (Å²) in [5, 5.41) is 12.9. The van der Waals surface area contributed by atoms with Crippen LogP contribution in [0.5, 0.6) is 5.75 Å². The van der Waals surface area contributed by atoms with Crippen LogP contribution in [0.4, 0.5) is 35.1 Å². The molecule has 2 aromatic heterocycles. The molecule has 1 atom stereocenters. The van der Waals surface area contributed by atoms with E-state index in [-0.39, 0.29) is 23.1 Å². The molecule has 0 saturated carbocycles. The van der Waals surface area contributed by atoms with E-state index in [0.29, 0.717) is 23.5 Å². The van der Waals surface area contributed by atoms with Crippen molar-refractivity contribution in [2.24, 2.45) is 5.41 Å². The topological polar surface area (TPSA) is 165 Å². The highest BCUT2D eigenvalue weighted by molar-refractivity contribution is 7.89. The number of hydrogen-bond donors (Lipinski definition) is 2. The molecular weight excluding hydrogens is 722 g/mol. The van der Waals surface area contributed by atoms with Gasteiger partial charge in [-0.05, 0) is 32.4 Å². The summed E-state index contributed by atoms with van der Waals surface area (Å²) in [6.07, 6.45) is -13.0. The number of sulfonamides is 1. The Morgan fingerprint density at radius 3 is 2.31 bits per heavy atom. The standard InChI is InChI=1S/C27H27F8N5O7S2/c1-4-16(26(30,31)32)39-49(44,45)13-5-6-14(15(11-13)46-27(33,34)35)19-18(22(41)40-9-7-25(28,29)8-10-40)37-21(48-19)20-36-17(47-38-20)12-24(2,3)23(42)43/h5-6,11,16,39H,4,7-10,12H2,1-3H3,(H,42,43). The van der Waals surface area contributed by atoms with Crippen molar-refractivity contribution in [1.29, 1.82) is 0 Å². The molecule has 270 valence electrons. The molecular formula is C27H27F8N5O7S2. The molecule has 1 aliphatic rings. The maximum Gasteiger partial charge on any atom is 0.573 e. The number of carbonyl (C=O) groups excluding carboxylic acids is 1. The van der Waals surface area contributed by atoms with Gasteiger partial charge in [-0.25, -0.2) is 22.2 Å². The molecule has 1 unspecified atom stereocenters. The summed E-state index contributed by atoms with van der Waals surface area (Å²) >= 11 is 0.497. The maximum atomic E-state index is 13.8. The van der Waals surface area contributed by atoms with E-state index in [1.165, 1.54) is 18.6 Å². The first-order chi connectivity index (χ1) is 22.4. The second-order valence-corrected chi connectivity index (χ2v) is 14.3. The molecule has 3 heterocycles. The zero-order valence-electron chi connectivity index (χ0n) is 25.6. The van der Waals surface area contributed by atoms with E-state index in [0.717, 1.165) is 17.9 Å². The third-order valence-corrected chi connectivity index (χ3v) is 9.83. The van der Waals surface area contributed by atoms with Crippen LogP contribution in [0.2, 0.25) is 0 Å². The fraction of sp³-hybridized carbons (Fsp3) is 0.519. The minimum atomic E-state index is -5.47. The predicted molar refractivity (Wildman–Crippen MR) is 153 cm³/mol. The van der Waals surface area contributed by atoms with Crippen LogP contribution >= 0.6 is 11.3 Å². The summed E-state index contributed by atoms with van der Waals surface area (Å²) in [5.41, 5.74) is -2.55. The summed E-state index contributed by atoms with van der Waals surface area (Å²) in [6, 6.07) is -0.835. The van der Waals surface area contributed by atoms with Crippen LogP contribution in [0, 0.1) is 5.41 Å². The molecule has 2 N–H and O–H groups in total. The Kier molecular flexibility index (Phi) is 10.4. The van der Waals surface area contributed by atoms with Crippen molar-refractivity contribution in [1.82, 2.24) is 24.7 Å². The number of carboxylic acids is 1. The fourth-order valence-corrected chi connectivity index (χ4v) is 6.83. The number of hydrogen-bond acceptors (Lipinski definition) is 10. The number of likely N-dealkylation sites (tertiary alicyclic amines) is 1. The van der Waals surface area contributed by atoms with E-state index in [4.69, 9.17) is 4.52 Å². The number of aliphatic carboxylic acids is 1. The average Bonchev–Trinajstić information content (AvgIpc) is 3.61. The molecule has 49 heavy (non-hydrogen) atoms. The van der Waals surface area contributed by atoms with Gasteiger partial charge in [0, 0.05) is 44.0 Å². The van der Waals surface area contributed by atoms with Crippen molar-refractivity contribution < 1.29 is 67.5 Å². The van der Waals surface area contributed by atoms with Gasteiger partial charge in [0.1, 0.15) is 17.5 Å². The first-order valence-corrected chi connectivity index (χ1v) is 16.5. The van der Waals surface area contributed by atoms with Crippen LogP contribution in [0.15, 0.2) is 27.6 Å². The molecule has 1 fully saturated rings. The lowest BCUT2D eigenvalue weighted by Gasteiger charge is -2.31. The zero-order valence-corrected chi connectivity index (χ0v) is 27.2. The van der Waals surface area contributed by atoms with Crippen LogP contribution < -0.4 is 9.46 Å². The molecule has 1 aromatic carbocycles. The Bertz CT molecular complexity index is 1810. The van der Waals surface area contributed by atoms with Gasteiger partial charge in [-0.3, -0.25) is 9.59 Å². The average molecular weight is 750 g/mol. The molecule has 0 aliphatic carbocycles. The number of nitrogens with zero attached hydrogens (tertiary/aromatic N) is 4. The number of carbonyl (C=O) groups is 2. The smallest absolute Gasteiger partial charge is 0.481 e. The molecule has 1 aliphatic heterocycles. The number of halogens is 8. The van der Waals surface area contributed by atoms with Crippen molar-refractivity contribution in [3.63, 3.8) is 0 Å². The van der Waals surface area contributed by atoms with Crippen LogP contribution in [0.3, 0.4) is 0 Å². The minimum Gasteiger partial charge on any atom is -0.481 e. The van der Waals surface area contributed by atoms with E-state index in [1.54, 1.807) is 0 Å². The highest BCUT2D eigenvalue weighted by atomic mass is 32.2. The number of amides is 1. The van der Waals surface area contributed by atoms with Gasteiger partial charge in [-0.2, -0.15) is 22.9 Å². The van der Waals surface area contributed by atoms with Crippen molar-refractivity contribution in [2.45, 2.75) is 75.9 Å². The number of alkyl halides is 8. The largest absolute Gasteiger partial charge is 0.573 e. The van der Waals surface area contributed by atoms with Gasteiger partial charge in [0.15, 0.2) is 5.01 Å². The lowest BCUT2D eigenvalue weighted by Crippen LogP contribution is -2.44. The van der Waals surface area contributed by atoms with Gasteiger partial charge < -0.3 is 19.3 Å². The molecule has 0 radical (unpaired) electrons. The van der Waals surface area contributed by atoms with E-state index in [2.05, 4.69) is 19.9 Å². The molecule has 4 rings (SSSR count). The second kappa shape index (κ2) is 13.4. The number of carboxylic acid groups (broad SMARTS) is 1. The molecule has 22 heteroatoms. The molecule has 3 aromatic rings. The van der Waals surface area contributed by atoms with E-state index >= 15 is 0 Å². The lowest BCUT2D eigenvalue weighted by atomic mass is 9.90. The van der Waals surface area contributed by atoms with Crippen LogP contribution in [-0.4, -0.2) is 83.0 Å². The Hall–Kier alpha value is -3.92. The Morgan fingerprint density at radius 1 is 1.12 bits per heavy atom. The highest BCUT2D eigenvalue weighted by Crippen LogP contribution is 2.43. The van der Waals surface area contributed by atoms with E-state index in [1.807, 2.05) is 0 Å². The third-order valence-electron chi connectivity index (χ3n) is 7.28. The first kappa shape index (κ1) is 37.9. The van der Waals surface area contributed by atoms with Gasteiger partial charge >= 0.3 is 18.5 Å². The highest BCUT2D eigenvalue weighted by Gasteiger charge is 2.42. The van der Waals surface area contributed by atoms with Gasteiger partial charge in [0.2, 0.25) is 21.7 Å². The summed E-state index contributed by atoms with van der Waals surface area (Å²) in [4.78, 5) is 32.9. The van der Waals surface area contributed by atoms with E-state index < -0.39 is 111 Å². The number of piperidine rings is 1. The zero-order chi connectivity index (χ0) is 36.7. The number of ether oxygens (including phenoxy) is 1. The summed E-state index contributed by atoms with van der Waals surface area (Å²) < 4.78 is 145. The number of aromatic nitrogens is 3. The van der Waals surface area contributed by atoms with Crippen LogP contribution in [0.1, 0.15) is 56.4 Å². The number of rotatable bonds is 11. The summed E-state index contributed by atoms with van der Waals surface area (Å²) in [7, 11) is -5.09. The predicted octanol–water partition coefficient (Wildman–Crippen LogP) is 5.90. The lowest BCUT2D eigenvalue weighted by molar-refractivity contribution is -0.274. The van der Waals surface area contributed by atoms with Crippen LogP contribution in [-0.2, 0) is 21.2 Å². The van der Waals surface area contributed by atoms with Crippen molar-refractivity contribution in [2.75, 3.05) is 13.1 Å². The number of nitrogens with one attached hydrogen (secondary N) is 1. The third kappa shape index (κ3) is 9.01. The Morgan fingerprint density at radius 2 is 1.76 bits per heavy atom.